The van der Waals surface area contributed by atoms with E-state index in [1.54, 1.807) is 12.1 Å². The fraction of sp³-hybridized carbons (Fsp3) is 0.500. The maximum Gasteiger partial charge on any atom is 0.311 e. The first-order valence-corrected chi connectivity index (χ1v) is 7.09. The summed E-state index contributed by atoms with van der Waals surface area (Å²) in [5.74, 6) is -1.21. The first kappa shape index (κ1) is 17.2. The molecule has 5 nitrogen and oxygen atoms in total. The van der Waals surface area contributed by atoms with E-state index in [1.165, 1.54) is 7.11 Å². The molecule has 0 heterocycles. The number of ether oxygens (including phenoxy) is 1. The van der Waals surface area contributed by atoms with Crippen molar-refractivity contribution in [2.45, 2.75) is 32.8 Å². The van der Waals surface area contributed by atoms with Gasteiger partial charge in [0.15, 0.2) is 6.10 Å². The molecule has 1 amide bonds. The molecule has 0 radical (unpaired) electrons. The Morgan fingerprint density at radius 2 is 1.81 bits per heavy atom. The number of nitrogens with one attached hydrogen (secondary N) is 1. The van der Waals surface area contributed by atoms with Crippen LogP contribution in [0.5, 0.6) is 0 Å². The van der Waals surface area contributed by atoms with Gasteiger partial charge in [-0.05, 0) is 18.4 Å². The van der Waals surface area contributed by atoms with Crippen molar-refractivity contribution in [2.75, 3.05) is 13.7 Å². The molecule has 1 aromatic rings. The molecule has 5 heteroatoms. The van der Waals surface area contributed by atoms with Crippen LogP contribution in [0.4, 0.5) is 0 Å². The van der Waals surface area contributed by atoms with Crippen LogP contribution in [0.2, 0.25) is 0 Å². The van der Waals surface area contributed by atoms with Crippen LogP contribution in [0, 0.1) is 5.41 Å². The molecule has 0 saturated carbocycles. The number of benzene rings is 1. The van der Waals surface area contributed by atoms with E-state index < -0.39 is 17.5 Å². The SMILES string of the molecule is CCC(CC)(CNC(=O)[C@@H](OC)c1ccccc1)C(=O)O. The summed E-state index contributed by atoms with van der Waals surface area (Å²) in [6, 6.07) is 9.12. The minimum atomic E-state index is -0.926. The van der Waals surface area contributed by atoms with Crippen LogP contribution < -0.4 is 5.32 Å². The lowest BCUT2D eigenvalue weighted by atomic mass is 9.82. The minimum absolute atomic E-state index is 0.0981. The molecule has 0 aliphatic rings. The molecule has 0 fully saturated rings. The third kappa shape index (κ3) is 4.04. The van der Waals surface area contributed by atoms with E-state index in [4.69, 9.17) is 4.74 Å². The topological polar surface area (TPSA) is 75.6 Å². The Hall–Kier alpha value is -1.88. The fourth-order valence-electron chi connectivity index (χ4n) is 2.25. The molecule has 0 aliphatic heterocycles. The quantitative estimate of drug-likeness (QED) is 0.771. The summed E-state index contributed by atoms with van der Waals surface area (Å²) in [4.78, 5) is 23.7. The summed E-state index contributed by atoms with van der Waals surface area (Å²) < 4.78 is 5.23. The maximum absolute atomic E-state index is 12.2. The molecule has 1 aromatic carbocycles. The lowest BCUT2D eigenvalue weighted by molar-refractivity contribution is -0.149. The van der Waals surface area contributed by atoms with E-state index in [0.29, 0.717) is 12.8 Å². The van der Waals surface area contributed by atoms with Crippen LogP contribution in [-0.4, -0.2) is 30.6 Å². The molecule has 0 bridgehead atoms. The number of carboxylic acids is 1. The summed E-state index contributed by atoms with van der Waals surface area (Å²) in [6.07, 6.45) is 0.191. The third-order valence-corrected chi connectivity index (χ3v) is 3.98. The largest absolute Gasteiger partial charge is 0.481 e. The number of rotatable bonds is 8. The molecular formula is C16H23NO4. The smallest absolute Gasteiger partial charge is 0.311 e. The van der Waals surface area contributed by atoms with E-state index in [-0.39, 0.29) is 12.5 Å². The molecule has 0 aliphatic carbocycles. The second-order valence-electron chi connectivity index (χ2n) is 5.04. The van der Waals surface area contributed by atoms with Crippen molar-refractivity contribution in [1.82, 2.24) is 5.32 Å². The number of carboxylic acid groups (broad SMARTS) is 1. The van der Waals surface area contributed by atoms with Crippen LogP contribution in [0.1, 0.15) is 38.4 Å². The first-order valence-electron chi connectivity index (χ1n) is 7.09. The van der Waals surface area contributed by atoms with Crippen molar-refractivity contribution >= 4 is 11.9 Å². The predicted octanol–water partition coefficient (Wildman–Crippen LogP) is 2.38. The molecule has 0 aromatic heterocycles. The van der Waals surface area contributed by atoms with Gasteiger partial charge in [-0.1, -0.05) is 44.2 Å². The van der Waals surface area contributed by atoms with Gasteiger partial charge < -0.3 is 15.2 Å². The van der Waals surface area contributed by atoms with Crippen LogP contribution in [0.3, 0.4) is 0 Å². The van der Waals surface area contributed by atoms with E-state index in [2.05, 4.69) is 5.32 Å². The number of carbonyl (C=O) groups is 2. The number of hydrogen-bond acceptors (Lipinski definition) is 3. The Morgan fingerprint density at radius 1 is 1.24 bits per heavy atom. The zero-order chi connectivity index (χ0) is 15.9. The number of methoxy groups -OCH3 is 1. The van der Waals surface area contributed by atoms with Crippen LogP contribution in [0.15, 0.2) is 30.3 Å². The monoisotopic (exact) mass is 293 g/mol. The summed E-state index contributed by atoms with van der Waals surface area (Å²) in [7, 11) is 1.46. The number of hydrogen-bond donors (Lipinski definition) is 2. The van der Waals surface area contributed by atoms with Gasteiger partial charge in [0.05, 0.1) is 5.41 Å². The molecule has 116 valence electrons. The normalized spacial score (nSPS) is 12.7. The van der Waals surface area contributed by atoms with Gasteiger partial charge in [-0.15, -0.1) is 0 Å². The Labute approximate surface area is 125 Å². The molecule has 2 N–H and O–H groups in total. The zero-order valence-electron chi connectivity index (χ0n) is 12.8. The van der Waals surface area contributed by atoms with Gasteiger partial charge in [0.2, 0.25) is 0 Å². The van der Waals surface area contributed by atoms with Crippen molar-refractivity contribution in [3.63, 3.8) is 0 Å². The van der Waals surface area contributed by atoms with Gasteiger partial charge in [0.25, 0.3) is 5.91 Å². The molecule has 0 spiro atoms. The molecule has 0 unspecified atom stereocenters. The highest BCUT2D eigenvalue weighted by molar-refractivity contribution is 5.83. The first-order chi connectivity index (χ1) is 10.0. The molecule has 0 saturated heterocycles. The van der Waals surface area contributed by atoms with E-state index in [9.17, 15) is 14.7 Å². The molecule has 1 rings (SSSR count). The van der Waals surface area contributed by atoms with E-state index >= 15 is 0 Å². The van der Waals surface area contributed by atoms with Gasteiger partial charge >= 0.3 is 5.97 Å². The van der Waals surface area contributed by atoms with Crippen molar-refractivity contribution in [1.29, 1.82) is 0 Å². The van der Waals surface area contributed by atoms with Gasteiger partial charge in [0, 0.05) is 13.7 Å². The van der Waals surface area contributed by atoms with Gasteiger partial charge in [0.1, 0.15) is 0 Å². The maximum atomic E-state index is 12.2. The summed E-state index contributed by atoms with van der Waals surface area (Å²) in [5.41, 5.74) is -0.184. The zero-order valence-corrected chi connectivity index (χ0v) is 12.8. The third-order valence-electron chi connectivity index (χ3n) is 3.98. The molecule has 21 heavy (non-hydrogen) atoms. The molecule has 1 atom stereocenters. The highest BCUT2D eigenvalue weighted by atomic mass is 16.5. The van der Waals surface area contributed by atoms with E-state index in [0.717, 1.165) is 5.56 Å². The summed E-state index contributed by atoms with van der Waals surface area (Å²) in [5, 5.41) is 12.1. The number of amides is 1. The van der Waals surface area contributed by atoms with E-state index in [1.807, 2.05) is 32.0 Å². The Balaban J connectivity index is 2.78. The average Bonchev–Trinajstić information content (AvgIpc) is 2.50. The van der Waals surface area contributed by atoms with Gasteiger partial charge in [-0.25, -0.2) is 0 Å². The van der Waals surface area contributed by atoms with Crippen LogP contribution in [0.25, 0.3) is 0 Å². The number of aliphatic carboxylic acids is 1. The fourth-order valence-corrected chi connectivity index (χ4v) is 2.25. The van der Waals surface area contributed by atoms with Crippen LogP contribution in [-0.2, 0) is 14.3 Å². The Morgan fingerprint density at radius 3 is 2.24 bits per heavy atom. The minimum Gasteiger partial charge on any atom is -0.481 e. The van der Waals surface area contributed by atoms with Gasteiger partial charge in [-0.2, -0.15) is 0 Å². The van der Waals surface area contributed by atoms with Crippen molar-refractivity contribution < 1.29 is 19.4 Å². The average molecular weight is 293 g/mol. The standard InChI is InChI=1S/C16H23NO4/c1-4-16(5-2,15(19)20)11-17-14(18)13(21-3)12-9-7-6-8-10-12/h6-10,13H,4-5,11H2,1-3H3,(H,17,18)(H,19,20)/t13-/m0/s1. The van der Waals surface area contributed by atoms with Crippen molar-refractivity contribution in [3.8, 4) is 0 Å². The lowest BCUT2D eigenvalue weighted by Gasteiger charge is -2.27. The summed E-state index contributed by atoms with van der Waals surface area (Å²) in [6.45, 7) is 3.73. The second-order valence-corrected chi connectivity index (χ2v) is 5.04. The highest BCUT2D eigenvalue weighted by Gasteiger charge is 2.35. The lowest BCUT2D eigenvalue weighted by Crippen LogP contribution is -2.44. The van der Waals surface area contributed by atoms with Gasteiger partial charge in [-0.3, -0.25) is 9.59 Å². The Kier molecular flexibility index (Phi) is 6.37. The highest BCUT2D eigenvalue weighted by Crippen LogP contribution is 2.26. The van der Waals surface area contributed by atoms with Crippen molar-refractivity contribution in [3.05, 3.63) is 35.9 Å². The van der Waals surface area contributed by atoms with Crippen molar-refractivity contribution in [2.24, 2.45) is 5.41 Å². The molecular weight excluding hydrogens is 270 g/mol. The number of carbonyl (C=O) groups excluding carboxylic acids is 1. The second kappa shape index (κ2) is 7.78. The predicted molar refractivity (Wildman–Crippen MR) is 79.9 cm³/mol. The Bertz CT molecular complexity index is 468. The van der Waals surface area contributed by atoms with Crippen LogP contribution >= 0.6 is 0 Å². The summed E-state index contributed by atoms with van der Waals surface area (Å²) >= 11 is 0.